The standard InChI is InChI=1S/C19H35NO8/c1-9-14(20-5)19(24-7)27-13(8-25-12(4)21)16(9)28-18-10(2)17(23-6)15(22)11(3)26-18/h9-11,13-20,22H,8H2,1-7H3/t9-,10?,11?,13?,14?,15-,16+,17+,18+,19+/m1/s1. The number of aliphatic hydroxyl groups excluding tert-OH is 1. The molecule has 9 heteroatoms. The van der Waals surface area contributed by atoms with Crippen LogP contribution in [0.4, 0.5) is 0 Å². The van der Waals surface area contributed by atoms with Crippen LogP contribution in [0.3, 0.4) is 0 Å². The Bertz CT molecular complexity index is 506. The normalized spacial score (nSPS) is 44.3. The van der Waals surface area contributed by atoms with Crippen molar-refractivity contribution >= 4 is 5.97 Å². The van der Waals surface area contributed by atoms with Crippen molar-refractivity contribution in [3.63, 3.8) is 0 Å². The van der Waals surface area contributed by atoms with E-state index in [0.29, 0.717) is 0 Å². The molecule has 0 bridgehead atoms. The molecule has 0 aromatic rings. The van der Waals surface area contributed by atoms with Crippen LogP contribution in [-0.2, 0) is 33.2 Å². The number of carbonyl (C=O) groups is 1. The van der Waals surface area contributed by atoms with Crippen molar-refractivity contribution in [3.8, 4) is 0 Å². The summed E-state index contributed by atoms with van der Waals surface area (Å²) < 4.78 is 34.4. The third-order valence-corrected chi connectivity index (χ3v) is 5.75. The zero-order chi connectivity index (χ0) is 21.0. The molecule has 2 aliphatic rings. The third-order valence-electron chi connectivity index (χ3n) is 5.75. The summed E-state index contributed by atoms with van der Waals surface area (Å²) >= 11 is 0. The van der Waals surface area contributed by atoms with Crippen LogP contribution in [0.5, 0.6) is 0 Å². The first-order valence-corrected chi connectivity index (χ1v) is 9.75. The molecule has 0 amide bonds. The molecule has 0 aliphatic carbocycles. The van der Waals surface area contributed by atoms with Crippen molar-refractivity contribution in [1.29, 1.82) is 0 Å². The summed E-state index contributed by atoms with van der Waals surface area (Å²) in [5, 5.41) is 13.5. The van der Waals surface area contributed by atoms with Gasteiger partial charge in [-0.15, -0.1) is 0 Å². The van der Waals surface area contributed by atoms with Gasteiger partial charge in [0.05, 0.1) is 24.4 Å². The number of rotatable bonds is 7. The second-order valence-electron chi connectivity index (χ2n) is 7.62. The highest BCUT2D eigenvalue weighted by atomic mass is 16.7. The van der Waals surface area contributed by atoms with Crippen LogP contribution in [0.15, 0.2) is 0 Å². The third kappa shape index (κ3) is 5.02. The molecule has 9 nitrogen and oxygen atoms in total. The van der Waals surface area contributed by atoms with Gasteiger partial charge in [-0.3, -0.25) is 4.79 Å². The number of carbonyl (C=O) groups excluding carboxylic acids is 1. The maximum atomic E-state index is 11.3. The number of hydrogen-bond donors (Lipinski definition) is 2. The molecule has 0 saturated carbocycles. The van der Waals surface area contributed by atoms with E-state index in [1.54, 1.807) is 21.1 Å². The predicted molar refractivity (Wildman–Crippen MR) is 99.5 cm³/mol. The van der Waals surface area contributed by atoms with Gasteiger partial charge < -0.3 is 38.8 Å². The largest absolute Gasteiger partial charge is 0.463 e. The lowest BCUT2D eigenvalue weighted by Gasteiger charge is -2.48. The molecule has 2 rings (SSSR count). The molecule has 0 aromatic heterocycles. The second-order valence-corrected chi connectivity index (χ2v) is 7.62. The molecule has 2 aliphatic heterocycles. The summed E-state index contributed by atoms with van der Waals surface area (Å²) in [6.45, 7) is 7.13. The highest BCUT2D eigenvalue weighted by Gasteiger charge is 2.49. The maximum Gasteiger partial charge on any atom is 0.302 e. The van der Waals surface area contributed by atoms with Gasteiger partial charge in [0.1, 0.15) is 18.8 Å². The summed E-state index contributed by atoms with van der Waals surface area (Å²) in [6.07, 6.45) is -3.63. The Kier molecular flexibility index (Phi) is 8.62. The van der Waals surface area contributed by atoms with Crippen molar-refractivity contribution < 1.29 is 38.3 Å². The van der Waals surface area contributed by atoms with Gasteiger partial charge in [-0.05, 0) is 14.0 Å². The van der Waals surface area contributed by atoms with Crippen LogP contribution in [0.1, 0.15) is 27.7 Å². The van der Waals surface area contributed by atoms with E-state index in [0.717, 1.165) is 0 Å². The van der Waals surface area contributed by atoms with Gasteiger partial charge in [0, 0.05) is 33.0 Å². The first-order chi connectivity index (χ1) is 13.2. The van der Waals surface area contributed by atoms with Crippen LogP contribution in [0, 0.1) is 11.8 Å². The molecule has 0 aromatic carbocycles. The zero-order valence-electron chi connectivity index (χ0n) is 17.8. The number of aliphatic hydroxyl groups is 1. The number of likely N-dealkylation sites (N-methyl/N-ethyl adjacent to an activating group) is 1. The number of methoxy groups -OCH3 is 2. The molecule has 2 heterocycles. The van der Waals surface area contributed by atoms with E-state index in [2.05, 4.69) is 5.32 Å². The van der Waals surface area contributed by atoms with E-state index in [-0.39, 0.29) is 24.5 Å². The average Bonchev–Trinajstić information content (AvgIpc) is 2.66. The number of esters is 1. The fourth-order valence-electron chi connectivity index (χ4n) is 4.09. The van der Waals surface area contributed by atoms with Crippen molar-refractivity contribution in [1.82, 2.24) is 5.32 Å². The van der Waals surface area contributed by atoms with E-state index in [1.807, 2.05) is 20.9 Å². The highest BCUT2D eigenvalue weighted by Crippen LogP contribution is 2.34. The van der Waals surface area contributed by atoms with Crippen LogP contribution in [0.25, 0.3) is 0 Å². The number of hydrogen-bond acceptors (Lipinski definition) is 9. The lowest BCUT2D eigenvalue weighted by Crippen LogP contribution is -2.62. The van der Waals surface area contributed by atoms with E-state index < -0.39 is 49.1 Å². The topological polar surface area (TPSA) is 105 Å². The Labute approximate surface area is 166 Å². The summed E-state index contributed by atoms with van der Waals surface area (Å²) in [5.74, 6) is -0.618. The Morgan fingerprint density at radius 3 is 2.25 bits per heavy atom. The van der Waals surface area contributed by atoms with Crippen molar-refractivity contribution in [3.05, 3.63) is 0 Å². The minimum Gasteiger partial charge on any atom is -0.463 e. The SMILES string of the molecule is CNC1[C@@H](OC)OC(COC(C)=O)[C@@H](O[C@@H]2OC(C)[C@@H](O)[C@@H](OC)C2C)[C@@H]1C. The maximum absolute atomic E-state index is 11.3. The Morgan fingerprint density at radius 1 is 1.04 bits per heavy atom. The van der Waals surface area contributed by atoms with Gasteiger partial charge in [0.2, 0.25) is 0 Å². The second kappa shape index (κ2) is 10.3. The predicted octanol–water partition coefficient (Wildman–Crippen LogP) is 0.287. The van der Waals surface area contributed by atoms with Crippen molar-refractivity contribution in [2.24, 2.45) is 11.8 Å². The Balaban J connectivity index is 2.20. The summed E-state index contributed by atoms with van der Waals surface area (Å²) in [5.41, 5.74) is 0. The zero-order valence-corrected chi connectivity index (χ0v) is 17.8. The minimum atomic E-state index is -0.736. The molecule has 28 heavy (non-hydrogen) atoms. The molecule has 0 spiro atoms. The van der Waals surface area contributed by atoms with Crippen molar-refractivity contribution in [2.45, 2.75) is 76.8 Å². The summed E-state index contributed by atoms with van der Waals surface area (Å²) in [7, 11) is 4.97. The van der Waals surface area contributed by atoms with Crippen LogP contribution < -0.4 is 5.32 Å². The quantitative estimate of drug-likeness (QED) is 0.578. The fraction of sp³-hybridized carbons (Fsp3) is 0.947. The minimum absolute atomic E-state index is 0.0248. The average molecular weight is 405 g/mol. The summed E-state index contributed by atoms with van der Waals surface area (Å²) in [4.78, 5) is 11.3. The van der Waals surface area contributed by atoms with Gasteiger partial charge in [-0.25, -0.2) is 0 Å². The van der Waals surface area contributed by atoms with E-state index in [9.17, 15) is 9.90 Å². The van der Waals surface area contributed by atoms with Crippen LogP contribution >= 0.6 is 0 Å². The lowest BCUT2D eigenvalue weighted by molar-refractivity contribution is -0.328. The van der Waals surface area contributed by atoms with E-state index >= 15 is 0 Å². The first kappa shape index (κ1) is 23.5. The van der Waals surface area contributed by atoms with Crippen LogP contribution in [0.2, 0.25) is 0 Å². The molecular weight excluding hydrogens is 370 g/mol. The van der Waals surface area contributed by atoms with Gasteiger partial charge in [-0.1, -0.05) is 13.8 Å². The van der Waals surface area contributed by atoms with Crippen molar-refractivity contribution in [2.75, 3.05) is 27.9 Å². The van der Waals surface area contributed by atoms with Gasteiger partial charge in [0.15, 0.2) is 12.6 Å². The first-order valence-electron chi connectivity index (χ1n) is 9.75. The Hall–Kier alpha value is -0.810. The summed E-state index contributed by atoms with van der Waals surface area (Å²) in [6, 6.07) is -0.122. The number of nitrogens with one attached hydrogen (secondary N) is 1. The van der Waals surface area contributed by atoms with Gasteiger partial charge in [0.25, 0.3) is 0 Å². The fourth-order valence-corrected chi connectivity index (χ4v) is 4.09. The highest BCUT2D eigenvalue weighted by molar-refractivity contribution is 5.65. The molecule has 4 unspecified atom stereocenters. The lowest BCUT2D eigenvalue weighted by atomic mass is 9.87. The molecule has 2 fully saturated rings. The van der Waals surface area contributed by atoms with E-state index in [4.69, 9.17) is 28.4 Å². The molecule has 2 saturated heterocycles. The monoisotopic (exact) mass is 405 g/mol. The molecule has 2 N–H and O–H groups in total. The molecule has 164 valence electrons. The van der Waals surface area contributed by atoms with Gasteiger partial charge >= 0.3 is 5.97 Å². The molecule has 10 atom stereocenters. The van der Waals surface area contributed by atoms with Crippen LogP contribution in [-0.4, -0.2) is 88.1 Å². The Morgan fingerprint density at radius 2 is 1.71 bits per heavy atom. The van der Waals surface area contributed by atoms with Gasteiger partial charge in [-0.2, -0.15) is 0 Å². The smallest absolute Gasteiger partial charge is 0.302 e. The number of ether oxygens (including phenoxy) is 6. The molecular formula is C19H35NO8. The van der Waals surface area contributed by atoms with E-state index in [1.165, 1.54) is 6.92 Å². The molecule has 0 radical (unpaired) electrons.